The van der Waals surface area contributed by atoms with Gasteiger partial charge in [-0.25, -0.2) is 4.39 Å². The van der Waals surface area contributed by atoms with Gasteiger partial charge in [-0.15, -0.1) is 0 Å². The van der Waals surface area contributed by atoms with Crippen LogP contribution < -0.4 is 4.90 Å². The lowest BCUT2D eigenvalue weighted by Gasteiger charge is -2.36. The molecule has 1 aliphatic heterocycles. The first-order chi connectivity index (χ1) is 12.0. The first kappa shape index (κ1) is 17.3. The summed E-state index contributed by atoms with van der Waals surface area (Å²) in [6.45, 7) is 2.09. The Morgan fingerprint density at radius 2 is 1.72 bits per heavy atom. The Bertz CT molecular complexity index is 805. The summed E-state index contributed by atoms with van der Waals surface area (Å²) < 4.78 is 14.5. The topological polar surface area (TPSA) is 66.7 Å². The van der Waals surface area contributed by atoms with E-state index < -0.39 is 10.7 Å². The van der Waals surface area contributed by atoms with Gasteiger partial charge in [-0.05, 0) is 30.3 Å². The predicted octanol–water partition coefficient (Wildman–Crippen LogP) is 3.46. The number of carbonyl (C=O) groups is 1. The molecule has 8 heteroatoms. The minimum absolute atomic E-state index is 0.0442. The first-order valence-corrected chi connectivity index (χ1v) is 8.49. The summed E-state index contributed by atoms with van der Waals surface area (Å²) in [5.41, 5.74) is 0.965. The highest BCUT2D eigenvalue weighted by Crippen LogP contribution is 2.22. The number of piperazine rings is 1. The molecule has 0 radical (unpaired) electrons. The van der Waals surface area contributed by atoms with Gasteiger partial charge in [0, 0.05) is 48.5 Å². The Morgan fingerprint density at radius 3 is 2.32 bits per heavy atom. The monoisotopic (exact) mass is 407 g/mol. The Kier molecular flexibility index (Phi) is 4.98. The van der Waals surface area contributed by atoms with E-state index in [0.29, 0.717) is 30.7 Å². The quantitative estimate of drug-likeness (QED) is 0.577. The molecule has 0 N–H and O–H groups in total. The molecule has 0 atom stereocenters. The number of nitro groups is 1. The van der Waals surface area contributed by atoms with E-state index in [-0.39, 0.29) is 17.2 Å². The maximum absolute atomic E-state index is 13.9. The molecule has 0 spiro atoms. The van der Waals surface area contributed by atoms with E-state index in [0.717, 1.165) is 5.69 Å². The highest BCUT2D eigenvalue weighted by atomic mass is 79.9. The number of benzene rings is 2. The molecule has 0 saturated carbocycles. The molecule has 0 unspecified atom stereocenters. The Balaban J connectivity index is 1.66. The van der Waals surface area contributed by atoms with E-state index in [4.69, 9.17) is 0 Å². The van der Waals surface area contributed by atoms with Gasteiger partial charge in [-0.3, -0.25) is 14.9 Å². The number of non-ortho nitro benzene ring substituents is 1. The minimum atomic E-state index is -0.536. The Morgan fingerprint density at radius 1 is 1.08 bits per heavy atom. The second kappa shape index (κ2) is 7.18. The molecule has 0 aromatic heterocycles. The fraction of sp³-hybridized carbons (Fsp3) is 0.235. The standard InChI is InChI=1S/C17H15BrFN3O3/c18-12-1-6-16(19)15(11-12)17(23)21-9-7-20(8-10-21)13-2-4-14(5-3-13)22(24)25/h1-6,11H,7-10H2. The number of carbonyl (C=O) groups excluding carboxylic acids is 1. The minimum Gasteiger partial charge on any atom is -0.368 e. The van der Waals surface area contributed by atoms with E-state index in [1.165, 1.54) is 24.3 Å². The fourth-order valence-corrected chi connectivity index (χ4v) is 3.15. The maximum atomic E-state index is 13.9. The molecule has 6 nitrogen and oxygen atoms in total. The van der Waals surface area contributed by atoms with Gasteiger partial charge in [0.25, 0.3) is 11.6 Å². The average Bonchev–Trinajstić information content (AvgIpc) is 2.63. The first-order valence-electron chi connectivity index (χ1n) is 7.69. The zero-order chi connectivity index (χ0) is 18.0. The number of nitrogens with zero attached hydrogens (tertiary/aromatic N) is 3. The SMILES string of the molecule is O=C(c1cc(Br)ccc1F)N1CCN(c2ccc([N+](=O)[O-])cc2)CC1. The molecule has 1 saturated heterocycles. The van der Waals surface area contributed by atoms with Gasteiger partial charge in [-0.1, -0.05) is 15.9 Å². The molecule has 1 amide bonds. The lowest BCUT2D eigenvalue weighted by Crippen LogP contribution is -2.49. The van der Waals surface area contributed by atoms with Crippen molar-refractivity contribution >= 4 is 33.2 Å². The largest absolute Gasteiger partial charge is 0.368 e. The third kappa shape index (κ3) is 3.79. The lowest BCUT2D eigenvalue weighted by atomic mass is 10.1. The summed E-state index contributed by atoms with van der Waals surface area (Å²) in [5.74, 6) is -0.867. The molecule has 0 aliphatic carbocycles. The number of anilines is 1. The molecule has 2 aromatic rings. The van der Waals surface area contributed by atoms with Gasteiger partial charge in [-0.2, -0.15) is 0 Å². The Labute approximate surface area is 152 Å². The van der Waals surface area contributed by atoms with Crippen molar-refractivity contribution < 1.29 is 14.1 Å². The molecular weight excluding hydrogens is 393 g/mol. The van der Waals surface area contributed by atoms with Crippen molar-refractivity contribution in [2.45, 2.75) is 0 Å². The second-order valence-corrected chi connectivity index (χ2v) is 6.59. The van der Waals surface area contributed by atoms with E-state index >= 15 is 0 Å². The normalized spacial score (nSPS) is 14.5. The average molecular weight is 408 g/mol. The van der Waals surface area contributed by atoms with Gasteiger partial charge in [0.1, 0.15) is 5.82 Å². The molecule has 1 heterocycles. The van der Waals surface area contributed by atoms with Gasteiger partial charge in [0.05, 0.1) is 10.5 Å². The third-order valence-electron chi connectivity index (χ3n) is 4.15. The number of hydrogen-bond donors (Lipinski definition) is 0. The van der Waals surface area contributed by atoms with Crippen molar-refractivity contribution in [1.82, 2.24) is 4.90 Å². The van der Waals surface area contributed by atoms with Crippen molar-refractivity contribution in [1.29, 1.82) is 0 Å². The van der Waals surface area contributed by atoms with Crippen LogP contribution >= 0.6 is 15.9 Å². The van der Waals surface area contributed by atoms with Crippen LogP contribution in [0.2, 0.25) is 0 Å². The van der Waals surface area contributed by atoms with Crippen LogP contribution in [0.1, 0.15) is 10.4 Å². The van der Waals surface area contributed by atoms with Crippen LogP contribution in [0, 0.1) is 15.9 Å². The van der Waals surface area contributed by atoms with Crippen molar-refractivity contribution in [3.8, 4) is 0 Å². The molecule has 3 rings (SSSR count). The highest BCUT2D eigenvalue weighted by Gasteiger charge is 2.24. The molecular formula is C17H15BrFN3O3. The summed E-state index contributed by atoms with van der Waals surface area (Å²) in [6.07, 6.45) is 0. The number of halogens is 2. The van der Waals surface area contributed by atoms with Crippen LogP contribution in [-0.2, 0) is 0 Å². The van der Waals surface area contributed by atoms with Crippen molar-refractivity contribution in [3.63, 3.8) is 0 Å². The summed E-state index contributed by atoms with van der Waals surface area (Å²) in [7, 11) is 0. The van der Waals surface area contributed by atoms with Crippen LogP contribution in [-0.4, -0.2) is 41.9 Å². The number of amides is 1. The Hall–Kier alpha value is -2.48. The zero-order valence-electron chi connectivity index (χ0n) is 13.2. The molecule has 2 aromatic carbocycles. The number of nitro benzene ring substituents is 1. The molecule has 130 valence electrons. The molecule has 0 bridgehead atoms. The van der Waals surface area contributed by atoms with Crippen LogP contribution in [0.25, 0.3) is 0 Å². The fourth-order valence-electron chi connectivity index (χ4n) is 2.78. The van der Waals surface area contributed by atoms with E-state index in [9.17, 15) is 19.3 Å². The second-order valence-electron chi connectivity index (χ2n) is 5.68. The smallest absolute Gasteiger partial charge is 0.269 e. The van der Waals surface area contributed by atoms with E-state index in [1.807, 2.05) is 4.90 Å². The van der Waals surface area contributed by atoms with E-state index in [1.54, 1.807) is 23.1 Å². The summed E-state index contributed by atoms with van der Waals surface area (Å²) in [4.78, 5) is 26.4. The predicted molar refractivity (Wildman–Crippen MR) is 95.3 cm³/mol. The summed E-state index contributed by atoms with van der Waals surface area (Å²) in [5, 5.41) is 10.7. The molecule has 25 heavy (non-hydrogen) atoms. The van der Waals surface area contributed by atoms with Crippen LogP contribution in [0.5, 0.6) is 0 Å². The zero-order valence-corrected chi connectivity index (χ0v) is 14.8. The van der Waals surface area contributed by atoms with Crippen molar-refractivity contribution in [2.24, 2.45) is 0 Å². The van der Waals surface area contributed by atoms with Gasteiger partial charge in [0.2, 0.25) is 0 Å². The van der Waals surface area contributed by atoms with E-state index in [2.05, 4.69) is 15.9 Å². The third-order valence-corrected chi connectivity index (χ3v) is 4.64. The van der Waals surface area contributed by atoms with Gasteiger partial charge < -0.3 is 9.80 Å². The van der Waals surface area contributed by atoms with Crippen molar-refractivity contribution in [2.75, 3.05) is 31.1 Å². The van der Waals surface area contributed by atoms with Crippen LogP contribution in [0.3, 0.4) is 0 Å². The van der Waals surface area contributed by atoms with Gasteiger partial charge >= 0.3 is 0 Å². The summed E-state index contributed by atoms with van der Waals surface area (Å²) >= 11 is 3.25. The van der Waals surface area contributed by atoms with Crippen LogP contribution in [0.15, 0.2) is 46.9 Å². The number of rotatable bonds is 3. The van der Waals surface area contributed by atoms with Crippen molar-refractivity contribution in [3.05, 3.63) is 68.4 Å². The maximum Gasteiger partial charge on any atom is 0.269 e. The number of hydrogen-bond acceptors (Lipinski definition) is 4. The highest BCUT2D eigenvalue weighted by molar-refractivity contribution is 9.10. The van der Waals surface area contributed by atoms with Gasteiger partial charge in [0.15, 0.2) is 0 Å². The molecule has 1 fully saturated rings. The summed E-state index contributed by atoms with van der Waals surface area (Å²) in [6, 6.07) is 10.6. The molecule has 1 aliphatic rings. The lowest BCUT2D eigenvalue weighted by molar-refractivity contribution is -0.384. The van der Waals surface area contributed by atoms with Crippen LogP contribution in [0.4, 0.5) is 15.8 Å².